The van der Waals surface area contributed by atoms with Crippen LogP contribution in [0, 0.1) is 0 Å². The van der Waals surface area contributed by atoms with E-state index in [9.17, 15) is 14.4 Å². The molecule has 1 N–H and O–H groups in total. The van der Waals surface area contributed by atoms with Crippen molar-refractivity contribution < 1.29 is 14.4 Å². The molecule has 2 aromatic rings. The fourth-order valence-electron chi connectivity index (χ4n) is 3.95. The fraction of sp³-hybridized carbons (Fsp3) is 0.364. The lowest BCUT2D eigenvalue weighted by molar-refractivity contribution is -0.117. The van der Waals surface area contributed by atoms with E-state index in [-0.39, 0.29) is 24.0 Å². The van der Waals surface area contributed by atoms with Crippen LogP contribution in [0.25, 0.3) is 0 Å². The van der Waals surface area contributed by atoms with Gasteiger partial charge in [0.15, 0.2) is 5.78 Å². The van der Waals surface area contributed by atoms with Crippen molar-refractivity contribution in [3.8, 4) is 0 Å². The summed E-state index contributed by atoms with van der Waals surface area (Å²) in [6.07, 6.45) is 1.67. The molecule has 2 aliphatic rings. The van der Waals surface area contributed by atoms with E-state index in [4.69, 9.17) is 0 Å². The van der Waals surface area contributed by atoms with E-state index < -0.39 is 5.92 Å². The third-order valence-corrected chi connectivity index (χ3v) is 5.71. The van der Waals surface area contributed by atoms with E-state index in [0.29, 0.717) is 30.0 Å². The minimum atomic E-state index is -0.503. The van der Waals surface area contributed by atoms with E-state index in [1.807, 2.05) is 17.0 Å². The van der Waals surface area contributed by atoms with Gasteiger partial charge in [-0.3, -0.25) is 14.4 Å². The second-order valence-electron chi connectivity index (χ2n) is 7.41. The lowest BCUT2D eigenvalue weighted by Crippen LogP contribution is -2.48. The van der Waals surface area contributed by atoms with Crippen molar-refractivity contribution in [3.63, 3.8) is 0 Å². The van der Waals surface area contributed by atoms with Crippen molar-refractivity contribution in [1.29, 1.82) is 0 Å². The average Bonchev–Trinajstić information content (AvgIpc) is 3.11. The summed E-state index contributed by atoms with van der Waals surface area (Å²) < 4.78 is 0. The molecule has 1 aromatic carbocycles. The van der Waals surface area contributed by atoms with Crippen molar-refractivity contribution in [1.82, 2.24) is 14.8 Å². The van der Waals surface area contributed by atoms with Gasteiger partial charge in [-0.25, -0.2) is 4.98 Å². The first kappa shape index (κ1) is 19.3. The van der Waals surface area contributed by atoms with Crippen molar-refractivity contribution in [2.75, 3.05) is 38.0 Å². The van der Waals surface area contributed by atoms with Gasteiger partial charge in [-0.2, -0.15) is 0 Å². The van der Waals surface area contributed by atoms with Crippen LogP contribution in [-0.4, -0.2) is 65.1 Å². The van der Waals surface area contributed by atoms with Gasteiger partial charge in [-0.1, -0.05) is 31.2 Å². The zero-order valence-corrected chi connectivity index (χ0v) is 16.4. The maximum atomic E-state index is 12.7. The zero-order valence-electron chi connectivity index (χ0n) is 16.4. The quantitative estimate of drug-likeness (QED) is 0.862. The van der Waals surface area contributed by atoms with Crippen LogP contribution < -0.4 is 5.32 Å². The lowest BCUT2D eigenvalue weighted by Gasteiger charge is -2.34. The zero-order chi connectivity index (χ0) is 20.4. The van der Waals surface area contributed by atoms with Crippen LogP contribution in [0.5, 0.6) is 0 Å². The molecule has 1 aromatic heterocycles. The number of rotatable bonds is 4. The van der Waals surface area contributed by atoms with E-state index in [1.165, 1.54) is 6.20 Å². The van der Waals surface area contributed by atoms with Crippen LogP contribution in [0.4, 0.5) is 5.82 Å². The first-order valence-electron chi connectivity index (χ1n) is 9.97. The van der Waals surface area contributed by atoms with Crippen LogP contribution in [0.15, 0.2) is 42.6 Å². The smallest absolute Gasteiger partial charge is 0.255 e. The Bertz CT molecular complexity index is 933. The molecule has 1 atom stereocenters. The van der Waals surface area contributed by atoms with Crippen molar-refractivity contribution in [3.05, 3.63) is 59.3 Å². The number of carbonyl (C=O) groups is 3. The minimum absolute atomic E-state index is 0.0159. The number of Topliss-reactive ketones (excluding diaryl/α,β-unsaturated/α-hetero) is 1. The highest BCUT2D eigenvalue weighted by Crippen LogP contribution is 2.33. The number of likely N-dealkylation sites (N-methyl/N-ethyl adjacent to an activating group) is 1. The number of fused-ring (bicyclic) bond motifs is 1. The molecule has 4 rings (SSSR count). The SMILES string of the molecule is CCN1CCN(C(=O)c2ccc(NC(=O)C3CC(=O)c4ccccc43)nc2)CC1. The summed E-state index contributed by atoms with van der Waals surface area (Å²) in [5, 5.41) is 2.77. The molecule has 0 saturated carbocycles. The Hall–Kier alpha value is -3.06. The number of nitrogens with one attached hydrogen (secondary N) is 1. The fourth-order valence-corrected chi connectivity index (χ4v) is 3.95. The Labute approximate surface area is 169 Å². The Morgan fingerprint density at radius 2 is 1.86 bits per heavy atom. The van der Waals surface area contributed by atoms with Crippen LogP contribution in [0.2, 0.25) is 0 Å². The van der Waals surface area contributed by atoms with Crippen LogP contribution >= 0.6 is 0 Å². The van der Waals surface area contributed by atoms with Crippen LogP contribution in [0.3, 0.4) is 0 Å². The standard InChI is InChI=1S/C22H24N4O3/c1-2-25-9-11-26(12-10-25)22(29)15-7-8-20(23-14-15)24-21(28)18-13-19(27)17-6-4-3-5-16(17)18/h3-8,14,18H,2,9-13H2,1H3,(H,23,24,28). The molecule has 7 nitrogen and oxygen atoms in total. The number of pyridine rings is 1. The third kappa shape index (κ3) is 3.91. The molecular formula is C22H24N4O3. The van der Waals surface area contributed by atoms with Crippen molar-refractivity contribution >= 4 is 23.4 Å². The molecule has 1 saturated heterocycles. The molecule has 2 heterocycles. The van der Waals surface area contributed by atoms with E-state index >= 15 is 0 Å². The molecule has 0 spiro atoms. The molecule has 0 bridgehead atoms. The number of hydrogen-bond donors (Lipinski definition) is 1. The maximum absolute atomic E-state index is 12.7. The van der Waals surface area contributed by atoms with Gasteiger partial charge in [-0.05, 0) is 24.2 Å². The Morgan fingerprint density at radius 3 is 2.55 bits per heavy atom. The Kier molecular flexibility index (Phi) is 5.40. The predicted octanol–water partition coefficient (Wildman–Crippen LogP) is 2.17. The van der Waals surface area contributed by atoms with Crippen molar-refractivity contribution in [2.24, 2.45) is 0 Å². The maximum Gasteiger partial charge on any atom is 0.255 e. The summed E-state index contributed by atoms with van der Waals surface area (Å²) in [7, 11) is 0. The molecular weight excluding hydrogens is 368 g/mol. The Balaban J connectivity index is 1.39. The van der Waals surface area contributed by atoms with Gasteiger partial charge in [0.25, 0.3) is 5.91 Å². The summed E-state index contributed by atoms with van der Waals surface area (Å²) in [6, 6.07) is 10.5. The van der Waals surface area contributed by atoms with Crippen LogP contribution in [-0.2, 0) is 4.79 Å². The van der Waals surface area contributed by atoms with Gasteiger partial charge in [0.2, 0.25) is 5.91 Å². The van der Waals surface area contributed by atoms with Crippen molar-refractivity contribution in [2.45, 2.75) is 19.3 Å². The van der Waals surface area contributed by atoms with Gasteiger partial charge >= 0.3 is 0 Å². The molecule has 150 valence electrons. The molecule has 1 fully saturated rings. The van der Waals surface area contributed by atoms with E-state index in [0.717, 1.165) is 25.2 Å². The number of anilines is 1. The monoisotopic (exact) mass is 392 g/mol. The molecule has 7 heteroatoms. The number of amides is 2. The number of carbonyl (C=O) groups excluding carboxylic acids is 3. The second-order valence-corrected chi connectivity index (χ2v) is 7.41. The summed E-state index contributed by atoms with van der Waals surface area (Å²) in [4.78, 5) is 45.8. The number of hydrogen-bond acceptors (Lipinski definition) is 5. The van der Waals surface area contributed by atoms with Gasteiger partial charge in [-0.15, -0.1) is 0 Å². The molecule has 1 unspecified atom stereocenters. The topological polar surface area (TPSA) is 82.6 Å². The first-order valence-corrected chi connectivity index (χ1v) is 9.97. The summed E-state index contributed by atoms with van der Waals surface area (Å²) in [6.45, 7) is 6.29. The van der Waals surface area contributed by atoms with E-state index in [2.05, 4.69) is 22.1 Å². The normalized spacial score (nSPS) is 19.1. The Morgan fingerprint density at radius 1 is 1.10 bits per heavy atom. The summed E-state index contributed by atoms with van der Waals surface area (Å²) in [5.74, 6) is -0.444. The van der Waals surface area contributed by atoms with Gasteiger partial charge in [0.05, 0.1) is 11.5 Å². The summed E-state index contributed by atoms with van der Waals surface area (Å²) in [5.41, 5.74) is 1.88. The molecule has 29 heavy (non-hydrogen) atoms. The number of benzene rings is 1. The molecule has 1 aliphatic heterocycles. The highest BCUT2D eigenvalue weighted by Gasteiger charge is 2.34. The van der Waals surface area contributed by atoms with E-state index in [1.54, 1.807) is 24.3 Å². The van der Waals surface area contributed by atoms with Gasteiger partial charge < -0.3 is 15.1 Å². The third-order valence-electron chi connectivity index (χ3n) is 5.71. The van der Waals surface area contributed by atoms with Gasteiger partial charge in [0.1, 0.15) is 5.82 Å². The largest absolute Gasteiger partial charge is 0.336 e. The lowest BCUT2D eigenvalue weighted by atomic mass is 10.0. The highest BCUT2D eigenvalue weighted by molar-refractivity contribution is 6.09. The average molecular weight is 392 g/mol. The first-order chi connectivity index (χ1) is 14.1. The summed E-state index contributed by atoms with van der Waals surface area (Å²) >= 11 is 0. The van der Waals surface area contributed by atoms with Crippen LogP contribution in [0.1, 0.15) is 45.5 Å². The number of aromatic nitrogens is 1. The predicted molar refractivity (Wildman–Crippen MR) is 109 cm³/mol. The highest BCUT2D eigenvalue weighted by atomic mass is 16.2. The van der Waals surface area contributed by atoms with Gasteiger partial charge in [0, 0.05) is 44.4 Å². The number of piperazine rings is 1. The number of nitrogens with zero attached hydrogens (tertiary/aromatic N) is 3. The minimum Gasteiger partial charge on any atom is -0.336 e. The second kappa shape index (κ2) is 8.13. The molecule has 0 radical (unpaired) electrons. The molecule has 2 amide bonds. The molecule has 1 aliphatic carbocycles. The number of ketones is 1.